The fourth-order valence-electron chi connectivity index (χ4n) is 1.96. The molecule has 3 nitrogen and oxygen atoms in total. The summed E-state index contributed by atoms with van der Waals surface area (Å²) in [6, 6.07) is 4.23. The molecule has 0 spiro atoms. The topological polar surface area (TPSA) is 29.5 Å². The normalized spacial score (nSPS) is 12.7. The molecule has 1 aromatic heterocycles. The van der Waals surface area contributed by atoms with Gasteiger partial charge in [0.2, 0.25) is 0 Å². The van der Waals surface area contributed by atoms with Crippen molar-refractivity contribution in [1.82, 2.24) is 4.90 Å². The van der Waals surface area contributed by atoms with E-state index in [9.17, 15) is 4.79 Å². The molecule has 1 unspecified atom stereocenters. The molecule has 1 atom stereocenters. The van der Waals surface area contributed by atoms with Gasteiger partial charge in [0.1, 0.15) is 0 Å². The molecule has 0 amide bonds. The molecule has 0 fully saturated rings. The number of carbonyl (C=O) groups excluding carboxylic acids is 1. The van der Waals surface area contributed by atoms with Crippen molar-refractivity contribution >= 4 is 33.2 Å². The molecular weight excluding hydrogens is 314 g/mol. The predicted octanol–water partition coefficient (Wildman–Crippen LogP) is 3.85. The second-order valence-electron chi connectivity index (χ2n) is 3.89. The van der Waals surface area contributed by atoms with Crippen LogP contribution in [0.2, 0.25) is 0 Å². The van der Waals surface area contributed by atoms with Gasteiger partial charge in [-0.1, -0.05) is 13.8 Å². The van der Waals surface area contributed by atoms with Crippen molar-refractivity contribution in [3.63, 3.8) is 0 Å². The summed E-state index contributed by atoms with van der Waals surface area (Å²) >= 11 is 5.16. The van der Waals surface area contributed by atoms with Gasteiger partial charge in [-0.3, -0.25) is 9.69 Å². The maximum absolute atomic E-state index is 11.7. The predicted molar refractivity (Wildman–Crippen MR) is 78.9 cm³/mol. The molecule has 18 heavy (non-hydrogen) atoms. The molecule has 0 aromatic carbocycles. The van der Waals surface area contributed by atoms with Gasteiger partial charge in [0.25, 0.3) is 0 Å². The fourth-order valence-corrected chi connectivity index (χ4v) is 3.52. The minimum Gasteiger partial charge on any atom is -0.466 e. The van der Waals surface area contributed by atoms with Crippen LogP contribution in [0.25, 0.3) is 0 Å². The first-order chi connectivity index (χ1) is 8.62. The third-order valence-corrected chi connectivity index (χ3v) is 4.57. The van der Waals surface area contributed by atoms with Crippen LogP contribution < -0.4 is 0 Å². The maximum atomic E-state index is 11.7. The Bertz CT molecular complexity index is 377. The lowest BCUT2D eigenvalue weighted by molar-refractivity contribution is -0.144. The number of esters is 1. The largest absolute Gasteiger partial charge is 0.466 e. The maximum Gasteiger partial charge on any atom is 0.307 e. The third-order valence-electron chi connectivity index (χ3n) is 2.84. The third kappa shape index (κ3) is 4.37. The first kappa shape index (κ1) is 15.7. The summed E-state index contributed by atoms with van der Waals surface area (Å²) in [5, 5.41) is 0. The van der Waals surface area contributed by atoms with Crippen LogP contribution in [-0.2, 0) is 9.53 Å². The second kappa shape index (κ2) is 7.92. The first-order valence-corrected chi connectivity index (χ1v) is 7.88. The Morgan fingerprint density at radius 3 is 2.50 bits per heavy atom. The van der Waals surface area contributed by atoms with Crippen molar-refractivity contribution in [1.29, 1.82) is 0 Å². The van der Waals surface area contributed by atoms with E-state index in [1.807, 2.05) is 13.0 Å². The first-order valence-electron chi connectivity index (χ1n) is 6.27. The Balaban J connectivity index is 2.84. The van der Waals surface area contributed by atoms with Crippen molar-refractivity contribution in [3.8, 4) is 0 Å². The minimum atomic E-state index is -0.126. The molecule has 0 N–H and O–H groups in total. The average molecular weight is 334 g/mol. The summed E-state index contributed by atoms with van der Waals surface area (Å²) in [4.78, 5) is 15.2. The lowest BCUT2D eigenvalue weighted by atomic mass is 10.1. The van der Waals surface area contributed by atoms with Crippen LogP contribution >= 0.6 is 27.3 Å². The Morgan fingerprint density at radius 2 is 2.06 bits per heavy atom. The number of nitrogens with zero attached hydrogens (tertiary/aromatic N) is 1. The van der Waals surface area contributed by atoms with Crippen molar-refractivity contribution < 1.29 is 9.53 Å². The molecule has 1 rings (SSSR count). The number of hydrogen-bond acceptors (Lipinski definition) is 4. The average Bonchev–Trinajstić information content (AvgIpc) is 2.76. The number of carbonyl (C=O) groups is 1. The van der Waals surface area contributed by atoms with Gasteiger partial charge >= 0.3 is 5.97 Å². The second-order valence-corrected chi connectivity index (χ2v) is 6.38. The molecule has 0 aliphatic heterocycles. The van der Waals surface area contributed by atoms with Gasteiger partial charge in [0, 0.05) is 4.88 Å². The zero-order chi connectivity index (χ0) is 13.5. The molecule has 1 heterocycles. The van der Waals surface area contributed by atoms with E-state index in [0.717, 1.165) is 16.9 Å². The molecule has 0 aliphatic rings. The van der Waals surface area contributed by atoms with Gasteiger partial charge in [-0.25, -0.2) is 0 Å². The highest BCUT2D eigenvalue weighted by Gasteiger charge is 2.23. The summed E-state index contributed by atoms with van der Waals surface area (Å²) in [5.41, 5.74) is 0. The van der Waals surface area contributed by atoms with Gasteiger partial charge in [0.05, 0.1) is 22.9 Å². The van der Waals surface area contributed by atoms with Gasteiger partial charge in [-0.2, -0.15) is 0 Å². The van der Waals surface area contributed by atoms with E-state index >= 15 is 0 Å². The quantitative estimate of drug-likeness (QED) is 0.710. The monoisotopic (exact) mass is 333 g/mol. The molecule has 0 saturated heterocycles. The SMILES string of the molecule is CCOC(=O)CC(c1ccc(Br)s1)N(CC)CC. The summed E-state index contributed by atoms with van der Waals surface area (Å²) in [5.74, 6) is -0.126. The van der Waals surface area contributed by atoms with Gasteiger partial charge in [-0.15, -0.1) is 11.3 Å². The summed E-state index contributed by atoms with van der Waals surface area (Å²) < 4.78 is 6.16. The van der Waals surface area contributed by atoms with Crippen LogP contribution in [-0.4, -0.2) is 30.6 Å². The number of hydrogen-bond donors (Lipinski definition) is 0. The van der Waals surface area contributed by atoms with Crippen molar-refractivity contribution in [3.05, 3.63) is 20.8 Å². The van der Waals surface area contributed by atoms with E-state index in [4.69, 9.17) is 4.74 Å². The van der Waals surface area contributed by atoms with Crippen LogP contribution in [0.15, 0.2) is 15.9 Å². The molecule has 0 aliphatic carbocycles. The van der Waals surface area contributed by atoms with Crippen molar-refractivity contribution in [2.24, 2.45) is 0 Å². The highest BCUT2D eigenvalue weighted by molar-refractivity contribution is 9.11. The van der Waals surface area contributed by atoms with E-state index in [1.54, 1.807) is 11.3 Å². The molecule has 0 bridgehead atoms. The van der Waals surface area contributed by atoms with E-state index in [-0.39, 0.29) is 12.0 Å². The summed E-state index contributed by atoms with van der Waals surface area (Å²) in [6.45, 7) is 8.37. The highest BCUT2D eigenvalue weighted by atomic mass is 79.9. The van der Waals surface area contributed by atoms with Gasteiger partial charge in [-0.05, 0) is 48.1 Å². The van der Waals surface area contributed by atoms with Crippen molar-refractivity contribution in [2.45, 2.75) is 33.2 Å². The summed E-state index contributed by atoms with van der Waals surface area (Å²) in [7, 11) is 0. The van der Waals surface area contributed by atoms with Crippen LogP contribution in [0.3, 0.4) is 0 Å². The molecule has 102 valence electrons. The lowest BCUT2D eigenvalue weighted by Crippen LogP contribution is -2.30. The van der Waals surface area contributed by atoms with Gasteiger partial charge in [0.15, 0.2) is 0 Å². The zero-order valence-electron chi connectivity index (χ0n) is 11.1. The number of rotatable bonds is 7. The zero-order valence-corrected chi connectivity index (χ0v) is 13.5. The Labute approximate surface area is 121 Å². The summed E-state index contributed by atoms with van der Waals surface area (Å²) in [6.07, 6.45) is 0.419. The number of thiophene rings is 1. The standard InChI is InChI=1S/C13H20BrNO2S/c1-4-15(5-2)10(9-13(16)17-6-3)11-7-8-12(14)18-11/h7-8,10H,4-6,9H2,1-3H3. The van der Waals surface area contributed by atoms with Crippen LogP contribution in [0.1, 0.15) is 38.1 Å². The van der Waals surface area contributed by atoms with Crippen LogP contribution in [0, 0.1) is 0 Å². The Morgan fingerprint density at radius 1 is 1.39 bits per heavy atom. The van der Waals surface area contributed by atoms with Crippen LogP contribution in [0.5, 0.6) is 0 Å². The minimum absolute atomic E-state index is 0.121. The molecule has 0 radical (unpaired) electrons. The van der Waals surface area contributed by atoms with E-state index in [1.165, 1.54) is 4.88 Å². The van der Waals surface area contributed by atoms with E-state index in [2.05, 4.69) is 40.7 Å². The van der Waals surface area contributed by atoms with E-state index in [0.29, 0.717) is 13.0 Å². The fraction of sp³-hybridized carbons (Fsp3) is 0.615. The number of ether oxygens (including phenoxy) is 1. The van der Waals surface area contributed by atoms with Gasteiger partial charge < -0.3 is 4.74 Å². The van der Waals surface area contributed by atoms with E-state index < -0.39 is 0 Å². The van der Waals surface area contributed by atoms with Crippen molar-refractivity contribution in [2.75, 3.05) is 19.7 Å². The lowest BCUT2D eigenvalue weighted by Gasteiger charge is -2.28. The smallest absolute Gasteiger partial charge is 0.307 e. The highest BCUT2D eigenvalue weighted by Crippen LogP contribution is 2.33. The molecule has 1 aromatic rings. The molecular formula is C13H20BrNO2S. The molecule has 0 saturated carbocycles. The Hall–Kier alpha value is -0.390. The van der Waals surface area contributed by atoms with Crippen LogP contribution in [0.4, 0.5) is 0 Å². The Kier molecular flexibility index (Phi) is 6.89. The molecule has 5 heteroatoms. The number of halogens is 1.